The van der Waals surface area contributed by atoms with Gasteiger partial charge in [-0.25, -0.2) is 4.98 Å². The predicted octanol–water partition coefficient (Wildman–Crippen LogP) is 1.07. The number of ether oxygens (including phenoxy) is 1. The molecule has 0 bridgehead atoms. The molecule has 1 saturated carbocycles. The van der Waals surface area contributed by atoms with E-state index in [1.165, 1.54) is 6.20 Å². The number of ketones is 1. The summed E-state index contributed by atoms with van der Waals surface area (Å²) in [4.78, 5) is 69.6. The number of aromatic nitrogens is 1. The van der Waals surface area contributed by atoms with Crippen molar-refractivity contribution in [2.45, 2.75) is 57.5 Å². The van der Waals surface area contributed by atoms with Crippen LogP contribution in [0.15, 0.2) is 18.3 Å². The number of carbonyl (C=O) groups is 5. The summed E-state index contributed by atoms with van der Waals surface area (Å²) >= 11 is 0. The van der Waals surface area contributed by atoms with E-state index in [9.17, 15) is 37.1 Å². The average Bonchev–Trinajstić information content (AvgIpc) is 3.58. The fourth-order valence-electron chi connectivity index (χ4n) is 5.69. The van der Waals surface area contributed by atoms with E-state index >= 15 is 0 Å². The number of amides is 4. The molecule has 4 amide bonds. The lowest BCUT2D eigenvalue weighted by Crippen LogP contribution is -2.55. The summed E-state index contributed by atoms with van der Waals surface area (Å²) in [5.41, 5.74) is 0.629. The van der Waals surface area contributed by atoms with Gasteiger partial charge in [0, 0.05) is 25.2 Å². The SMILES string of the molecule is Cc1cccnc1NC(=O)C(=O)N1CC2CCCC2[C@H]1C(=O)NC(CC1CCNC1=O)C(=O)COC(F)(F)F. The number of hydrogen-bond donors (Lipinski definition) is 3. The molecule has 212 valence electrons. The molecular formula is C25H30F3N5O6. The monoisotopic (exact) mass is 553 g/mol. The number of halogens is 3. The van der Waals surface area contributed by atoms with E-state index in [1.54, 1.807) is 19.1 Å². The Hall–Kier alpha value is -3.55. The summed E-state index contributed by atoms with van der Waals surface area (Å²) in [7, 11) is 0. The molecule has 0 spiro atoms. The molecule has 0 aromatic carbocycles. The fraction of sp³-hybridized carbons (Fsp3) is 0.600. The summed E-state index contributed by atoms with van der Waals surface area (Å²) in [5, 5.41) is 7.53. The molecule has 11 nitrogen and oxygen atoms in total. The number of pyridine rings is 1. The van der Waals surface area contributed by atoms with E-state index in [0.29, 0.717) is 24.9 Å². The molecular weight excluding hydrogens is 523 g/mol. The van der Waals surface area contributed by atoms with Gasteiger partial charge < -0.3 is 20.9 Å². The first kappa shape index (κ1) is 28.5. The van der Waals surface area contributed by atoms with Crippen LogP contribution in [0, 0.1) is 24.7 Å². The number of aryl methyl sites for hydroxylation is 1. The molecule has 4 rings (SSSR count). The molecule has 14 heteroatoms. The van der Waals surface area contributed by atoms with Crippen LogP contribution in [0.2, 0.25) is 0 Å². The van der Waals surface area contributed by atoms with Gasteiger partial charge in [-0.15, -0.1) is 13.2 Å². The Kier molecular flexibility index (Phi) is 8.52. The van der Waals surface area contributed by atoms with Crippen LogP contribution in [-0.2, 0) is 28.7 Å². The molecule has 2 aliphatic heterocycles. The minimum atomic E-state index is -5.06. The molecule has 1 aromatic heterocycles. The number of nitrogens with zero attached hydrogens (tertiary/aromatic N) is 2. The summed E-state index contributed by atoms with van der Waals surface area (Å²) in [5.74, 6) is -4.93. The minimum absolute atomic E-state index is 0.0441. The summed E-state index contributed by atoms with van der Waals surface area (Å²) in [6.45, 7) is 0.857. The maximum Gasteiger partial charge on any atom is 0.522 e. The van der Waals surface area contributed by atoms with Crippen molar-refractivity contribution >= 4 is 35.2 Å². The molecule has 1 aliphatic carbocycles. The van der Waals surface area contributed by atoms with Crippen molar-refractivity contribution in [1.82, 2.24) is 20.5 Å². The Morgan fingerprint density at radius 2 is 2.00 bits per heavy atom. The second kappa shape index (κ2) is 11.7. The van der Waals surface area contributed by atoms with E-state index in [1.807, 2.05) is 0 Å². The summed E-state index contributed by atoms with van der Waals surface area (Å²) in [6.07, 6.45) is -1.31. The van der Waals surface area contributed by atoms with Gasteiger partial charge in [0.05, 0.1) is 6.04 Å². The maximum absolute atomic E-state index is 13.5. The first-order chi connectivity index (χ1) is 18.4. The fourth-order valence-corrected chi connectivity index (χ4v) is 5.69. The highest BCUT2D eigenvalue weighted by molar-refractivity contribution is 6.40. The van der Waals surface area contributed by atoms with Crippen LogP contribution >= 0.6 is 0 Å². The lowest BCUT2D eigenvalue weighted by Gasteiger charge is -2.29. The van der Waals surface area contributed by atoms with Crippen LogP contribution < -0.4 is 16.0 Å². The van der Waals surface area contributed by atoms with Gasteiger partial charge >= 0.3 is 18.2 Å². The molecule has 3 N–H and O–H groups in total. The lowest BCUT2D eigenvalue weighted by molar-refractivity contribution is -0.321. The highest BCUT2D eigenvalue weighted by Crippen LogP contribution is 2.42. The molecule has 4 unspecified atom stereocenters. The third-order valence-electron chi connectivity index (χ3n) is 7.62. The molecule has 2 saturated heterocycles. The van der Waals surface area contributed by atoms with Crippen molar-refractivity contribution in [2.75, 3.05) is 25.0 Å². The highest BCUT2D eigenvalue weighted by atomic mass is 19.4. The van der Waals surface area contributed by atoms with Gasteiger partial charge in [-0.2, -0.15) is 0 Å². The van der Waals surface area contributed by atoms with Gasteiger partial charge in [-0.1, -0.05) is 12.5 Å². The topological polar surface area (TPSA) is 147 Å². The Morgan fingerprint density at radius 3 is 2.67 bits per heavy atom. The molecule has 39 heavy (non-hydrogen) atoms. The third kappa shape index (κ3) is 6.72. The zero-order chi connectivity index (χ0) is 28.3. The number of hydrogen-bond acceptors (Lipinski definition) is 7. The van der Waals surface area contributed by atoms with Crippen LogP contribution in [0.5, 0.6) is 0 Å². The predicted molar refractivity (Wildman–Crippen MR) is 129 cm³/mol. The van der Waals surface area contributed by atoms with Gasteiger partial charge in [-0.05, 0) is 56.1 Å². The number of rotatable bonds is 8. The summed E-state index contributed by atoms with van der Waals surface area (Å²) in [6, 6.07) is 0.822. The number of likely N-dealkylation sites (tertiary alicyclic amines) is 1. The van der Waals surface area contributed by atoms with Crippen LogP contribution in [0.25, 0.3) is 0 Å². The van der Waals surface area contributed by atoms with Crippen LogP contribution in [0.4, 0.5) is 19.0 Å². The van der Waals surface area contributed by atoms with Crippen molar-refractivity contribution in [2.24, 2.45) is 17.8 Å². The first-order valence-corrected chi connectivity index (χ1v) is 12.8. The van der Waals surface area contributed by atoms with Crippen LogP contribution in [0.1, 0.15) is 37.7 Å². The Labute approximate surface area is 222 Å². The standard InChI is InChI=1S/C25H30F3N5O6/c1-13-4-3-8-29-20(13)32-23(37)24(38)33-11-15-5-2-6-16(15)19(33)22(36)31-17(10-14-7-9-30-21(14)35)18(34)12-39-25(26,27)28/h3-4,8,14-17,19H,2,5-7,9-12H2,1H3,(H,30,35)(H,31,36)(H,29,32,37)/t14?,15?,16?,17?,19-/m0/s1. The van der Waals surface area contributed by atoms with E-state index in [-0.39, 0.29) is 36.5 Å². The number of Topliss-reactive ketones (excluding diaryl/α,β-unsaturated/α-hetero) is 1. The van der Waals surface area contributed by atoms with E-state index in [4.69, 9.17) is 0 Å². The lowest BCUT2D eigenvalue weighted by atomic mass is 9.92. The molecule has 1 aromatic rings. The van der Waals surface area contributed by atoms with E-state index in [2.05, 4.69) is 25.7 Å². The second-order valence-corrected chi connectivity index (χ2v) is 10.2. The van der Waals surface area contributed by atoms with Gasteiger partial charge in [0.15, 0.2) is 5.78 Å². The Morgan fingerprint density at radius 1 is 1.23 bits per heavy atom. The first-order valence-electron chi connectivity index (χ1n) is 12.8. The zero-order valence-corrected chi connectivity index (χ0v) is 21.3. The molecule has 5 atom stereocenters. The smallest absolute Gasteiger partial charge is 0.356 e. The molecule has 3 aliphatic rings. The largest absolute Gasteiger partial charge is 0.522 e. The molecule has 3 fully saturated rings. The number of alkyl halides is 3. The van der Waals surface area contributed by atoms with E-state index in [0.717, 1.165) is 17.7 Å². The van der Waals surface area contributed by atoms with Crippen LogP contribution in [-0.4, -0.2) is 77.4 Å². The van der Waals surface area contributed by atoms with Gasteiger partial charge in [0.1, 0.15) is 18.5 Å². The van der Waals surface area contributed by atoms with Gasteiger partial charge in [-0.3, -0.25) is 28.7 Å². The summed E-state index contributed by atoms with van der Waals surface area (Å²) < 4.78 is 41.4. The number of anilines is 1. The van der Waals surface area contributed by atoms with Crippen molar-refractivity contribution in [3.05, 3.63) is 23.9 Å². The Balaban J connectivity index is 1.51. The second-order valence-electron chi connectivity index (χ2n) is 10.2. The quantitative estimate of drug-likeness (QED) is 0.408. The van der Waals surface area contributed by atoms with Gasteiger partial charge in [0.25, 0.3) is 0 Å². The molecule has 0 radical (unpaired) electrons. The maximum atomic E-state index is 13.5. The zero-order valence-electron chi connectivity index (χ0n) is 21.3. The third-order valence-corrected chi connectivity index (χ3v) is 7.62. The number of nitrogens with one attached hydrogen (secondary N) is 3. The normalized spacial score (nSPS) is 25.1. The van der Waals surface area contributed by atoms with Crippen LogP contribution in [0.3, 0.4) is 0 Å². The molecule has 3 heterocycles. The van der Waals surface area contributed by atoms with Crippen molar-refractivity contribution in [3.63, 3.8) is 0 Å². The average molecular weight is 554 g/mol. The van der Waals surface area contributed by atoms with Gasteiger partial charge in [0.2, 0.25) is 11.8 Å². The number of fused-ring (bicyclic) bond motifs is 1. The van der Waals surface area contributed by atoms with E-state index < -0.39 is 54.5 Å². The van der Waals surface area contributed by atoms with Crippen molar-refractivity contribution in [1.29, 1.82) is 0 Å². The number of carbonyl (C=O) groups excluding carboxylic acids is 5. The van der Waals surface area contributed by atoms with Crippen molar-refractivity contribution < 1.29 is 41.9 Å². The highest BCUT2D eigenvalue weighted by Gasteiger charge is 2.51. The Bertz CT molecular complexity index is 1150. The van der Waals surface area contributed by atoms with Crippen molar-refractivity contribution in [3.8, 4) is 0 Å². The minimum Gasteiger partial charge on any atom is -0.356 e.